The van der Waals surface area contributed by atoms with Crippen molar-refractivity contribution in [1.82, 2.24) is 5.01 Å². The van der Waals surface area contributed by atoms with Crippen molar-refractivity contribution < 1.29 is 9.59 Å². The van der Waals surface area contributed by atoms with Crippen LogP contribution in [-0.2, 0) is 16.1 Å². The topological polar surface area (TPSA) is 65.3 Å². The van der Waals surface area contributed by atoms with Crippen LogP contribution in [0.5, 0.6) is 0 Å². The first-order valence-corrected chi connectivity index (χ1v) is 8.22. The summed E-state index contributed by atoms with van der Waals surface area (Å²) in [5.74, 6) is -0.577. The zero-order valence-electron chi connectivity index (χ0n) is 14.1. The van der Waals surface area contributed by atoms with Gasteiger partial charge in [-0.25, -0.2) is 4.90 Å². The van der Waals surface area contributed by atoms with Crippen molar-refractivity contribution >= 4 is 17.5 Å². The fourth-order valence-electron chi connectivity index (χ4n) is 3.26. The Bertz CT molecular complexity index is 875. The lowest BCUT2D eigenvalue weighted by Gasteiger charge is -2.21. The van der Waals surface area contributed by atoms with Crippen LogP contribution >= 0.6 is 0 Å². The SMILES string of the molecule is Cc1ccc(N2C(=O)[C@@H]3N=NN(Cc4ccccc4C)[C@H]3C2=O)cc1. The molecule has 0 spiro atoms. The molecular formula is C19H18N4O2. The van der Waals surface area contributed by atoms with E-state index < -0.39 is 12.1 Å². The third-order valence-electron chi connectivity index (χ3n) is 4.74. The first kappa shape index (κ1) is 15.5. The van der Waals surface area contributed by atoms with Crippen molar-refractivity contribution in [3.63, 3.8) is 0 Å². The van der Waals surface area contributed by atoms with E-state index in [9.17, 15) is 9.59 Å². The monoisotopic (exact) mass is 334 g/mol. The molecule has 1 fully saturated rings. The van der Waals surface area contributed by atoms with Gasteiger partial charge in [0.25, 0.3) is 11.8 Å². The van der Waals surface area contributed by atoms with Crippen LogP contribution in [0, 0.1) is 13.8 Å². The Morgan fingerprint density at radius 1 is 0.960 bits per heavy atom. The molecular weight excluding hydrogens is 316 g/mol. The smallest absolute Gasteiger partial charge is 0.263 e. The number of hydrogen-bond donors (Lipinski definition) is 0. The number of rotatable bonds is 3. The lowest BCUT2D eigenvalue weighted by molar-refractivity contribution is -0.123. The van der Waals surface area contributed by atoms with Crippen LogP contribution in [0.3, 0.4) is 0 Å². The van der Waals surface area contributed by atoms with Gasteiger partial charge < -0.3 is 0 Å². The summed E-state index contributed by atoms with van der Waals surface area (Å²) >= 11 is 0. The molecule has 126 valence electrons. The van der Waals surface area contributed by atoms with Crippen molar-refractivity contribution in [3.05, 3.63) is 65.2 Å². The van der Waals surface area contributed by atoms with Gasteiger partial charge in [0.05, 0.1) is 12.2 Å². The zero-order valence-corrected chi connectivity index (χ0v) is 14.1. The lowest BCUT2D eigenvalue weighted by Crippen LogP contribution is -2.39. The summed E-state index contributed by atoms with van der Waals surface area (Å²) in [5.41, 5.74) is 3.84. The van der Waals surface area contributed by atoms with Crippen LogP contribution in [0.25, 0.3) is 0 Å². The number of carbonyl (C=O) groups excluding carboxylic acids is 2. The van der Waals surface area contributed by atoms with Gasteiger partial charge in [-0.3, -0.25) is 14.6 Å². The Hall–Kier alpha value is -3.02. The normalized spacial score (nSPS) is 22.0. The quantitative estimate of drug-likeness (QED) is 0.811. The molecule has 2 heterocycles. The second kappa shape index (κ2) is 5.81. The third-order valence-corrected chi connectivity index (χ3v) is 4.74. The molecule has 6 heteroatoms. The Kier molecular flexibility index (Phi) is 3.60. The van der Waals surface area contributed by atoms with Crippen molar-refractivity contribution in [2.45, 2.75) is 32.5 Å². The minimum atomic E-state index is -0.752. The molecule has 0 aliphatic carbocycles. The van der Waals surface area contributed by atoms with Gasteiger partial charge in [-0.05, 0) is 37.1 Å². The maximum absolute atomic E-state index is 12.9. The highest BCUT2D eigenvalue weighted by molar-refractivity contribution is 6.25. The van der Waals surface area contributed by atoms with Gasteiger partial charge in [0, 0.05) is 0 Å². The number of amides is 2. The molecule has 0 unspecified atom stereocenters. The highest BCUT2D eigenvalue weighted by Crippen LogP contribution is 2.33. The Morgan fingerprint density at radius 3 is 2.40 bits per heavy atom. The first-order valence-electron chi connectivity index (χ1n) is 8.22. The van der Waals surface area contributed by atoms with Crippen LogP contribution in [0.1, 0.15) is 16.7 Å². The fourth-order valence-corrected chi connectivity index (χ4v) is 3.26. The van der Waals surface area contributed by atoms with Crippen LogP contribution in [-0.4, -0.2) is 28.9 Å². The number of benzene rings is 2. The van der Waals surface area contributed by atoms with Crippen LogP contribution in [0.4, 0.5) is 5.69 Å². The van der Waals surface area contributed by atoms with E-state index in [0.717, 1.165) is 16.7 Å². The number of hydrogen-bond acceptors (Lipinski definition) is 5. The molecule has 0 aromatic heterocycles. The fraction of sp³-hybridized carbons (Fsp3) is 0.263. The molecule has 0 saturated carbocycles. The second-order valence-corrected chi connectivity index (χ2v) is 6.47. The predicted molar refractivity (Wildman–Crippen MR) is 92.8 cm³/mol. The van der Waals surface area contributed by atoms with E-state index in [4.69, 9.17) is 0 Å². The summed E-state index contributed by atoms with van der Waals surface area (Å²) in [6.45, 7) is 4.43. The van der Waals surface area contributed by atoms with Crippen LogP contribution < -0.4 is 4.90 Å². The highest BCUT2D eigenvalue weighted by atomic mass is 16.2. The molecule has 2 atom stereocenters. The maximum Gasteiger partial charge on any atom is 0.263 e. The molecule has 0 radical (unpaired) electrons. The van der Waals surface area contributed by atoms with Crippen molar-refractivity contribution in [1.29, 1.82) is 0 Å². The van der Waals surface area contributed by atoms with E-state index in [0.29, 0.717) is 12.2 Å². The minimum absolute atomic E-state index is 0.266. The number of imide groups is 1. The predicted octanol–water partition coefficient (Wildman–Crippen LogP) is 2.80. The average Bonchev–Trinajstić information content (AvgIpc) is 3.12. The molecule has 25 heavy (non-hydrogen) atoms. The molecule has 2 aliphatic rings. The van der Waals surface area contributed by atoms with E-state index in [1.54, 1.807) is 17.1 Å². The summed E-state index contributed by atoms with van der Waals surface area (Å²) in [6, 6.07) is 13.9. The highest BCUT2D eigenvalue weighted by Gasteiger charge is 2.54. The Balaban J connectivity index is 1.62. The summed E-state index contributed by atoms with van der Waals surface area (Å²) in [5, 5.41) is 9.78. The maximum atomic E-state index is 12.9. The molecule has 6 nitrogen and oxygen atoms in total. The second-order valence-electron chi connectivity index (χ2n) is 6.47. The van der Waals surface area contributed by atoms with E-state index in [1.165, 1.54) is 4.90 Å². The lowest BCUT2D eigenvalue weighted by atomic mass is 10.1. The zero-order chi connectivity index (χ0) is 17.6. The Morgan fingerprint density at radius 2 is 1.68 bits per heavy atom. The van der Waals surface area contributed by atoms with E-state index in [2.05, 4.69) is 10.3 Å². The molecule has 0 bridgehead atoms. The first-order chi connectivity index (χ1) is 12.1. The van der Waals surface area contributed by atoms with Crippen LogP contribution in [0.15, 0.2) is 58.9 Å². The summed E-state index contributed by atoms with van der Waals surface area (Å²) in [7, 11) is 0. The molecule has 1 saturated heterocycles. The summed E-state index contributed by atoms with van der Waals surface area (Å²) in [4.78, 5) is 26.8. The molecule has 0 N–H and O–H groups in total. The van der Waals surface area contributed by atoms with Gasteiger partial charge in [-0.15, -0.1) is 0 Å². The van der Waals surface area contributed by atoms with Crippen molar-refractivity contribution in [3.8, 4) is 0 Å². The van der Waals surface area contributed by atoms with E-state index in [1.807, 2.05) is 50.2 Å². The van der Waals surface area contributed by atoms with Crippen LogP contribution in [0.2, 0.25) is 0 Å². The minimum Gasteiger partial charge on any atom is -0.271 e. The summed E-state index contributed by atoms with van der Waals surface area (Å²) in [6.07, 6.45) is 0. The molecule has 2 aliphatic heterocycles. The number of nitrogens with zero attached hydrogens (tertiary/aromatic N) is 4. The standard InChI is InChI=1S/C19H18N4O2/c1-12-7-9-15(10-8-12)23-18(24)16-17(19(23)25)22(21-20-16)11-14-6-4-3-5-13(14)2/h3-10,16-17H,11H2,1-2H3/t16-,17-/m1/s1. The van der Waals surface area contributed by atoms with Gasteiger partial charge in [-0.1, -0.05) is 47.2 Å². The van der Waals surface area contributed by atoms with Crippen molar-refractivity contribution in [2.24, 2.45) is 10.3 Å². The largest absolute Gasteiger partial charge is 0.271 e. The number of carbonyl (C=O) groups is 2. The number of anilines is 1. The number of fused-ring (bicyclic) bond motifs is 1. The Labute approximate surface area is 145 Å². The molecule has 4 rings (SSSR count). The van der Waals surface area contributed by atoms with Gasteiger partial charge >= 0.3 is 0 Å². The molecule has 2 aromatic carbocycles. The summed E-state index contributed by atoms with van der Waals surface area (Å²) < 4.78 is 0. The van der Waals surface area contributed by atoms with Gasteiger partial charge in [-0.2, -0.15) is 5.11 Å². The van der Waals surface area contributed by atoms with E-state index >= 15 is 0 Å². The molecule has 2 amide bonds. The van der Waals surface area contributed by atoms with Gasteiger partial charge in [0.2, 0.25) is 0 Å². The number of aryl methyl sites for hydroxylation is 2. The van der Waals surface area contributed by atoms with E-state index in [-0.39, 0.29) is 11.8 Å². The van der Waals surface area contributed by atoms with Gasteiger partial charge in [0.1, 0.15) is 0 Å². The van der Waals surface area contributed by atoms with Crippen molar-refractivity contribution in [2.75, 3.05) is 4.90 Å². The molecule has 2 aromatic rings. The average molecular weight is 334 g/mol. The van der Waals surface area contributed by atoms with Gasteiger partial charge in [0.15, 0.2) is 12.1 Å². The third kappa shape index (κ3) is 2.50.